The molecule has 0 aliphatic heterocycles. The lowest BCUT2D eigenvalue weighted by Crippen LogP contribution is -2.39. The van der Waals surface area contributed by atoms with E-state index in [1.807, 2.05) is 0 Å². The Bertz CT molecular complexity index is 561. The van der Waals surface area contributed by atoms with Gasteiger partial charge < -0.3 is 10.5 Å². The second-order valence-electron chi connectivity index (χ2n) is 3.95. The van der Waals surface area contributed by atoms with Gasteiger partial charge in [0, 0.05) is 13.6 Å². The third-order valence-corrected chi connectivity index (χ3v) is 3.61. The van der Waals surface area contributed by atoms with Crippen molar-refractivity contribution in [2.24, 2.45) is 5.73 Å². The molecule has 0 aliphatic carbocycles. The highest BCUT2D eigenvalue weighted by atomic mass is 32.2. The molecular formula is C11H17N3O5S. The van der Waals surface area contributed by atoms with E-state index >= 15 is 0 Å². The van der Waals surface area contributed by atoms with Crippen LogP contribution in [0.1, 0.15) is 5.56 Å². The molecule has 1 aromatic rings. The molecule has 0 fully saturated rings. The number of carbonyl (C=O) groups excluding carboxylic acids is 1. The number of benzene rings is 1. The number of rotatable bonds is 8. The number of primary amides is 1. The van der Waals surface area contributed by atoms with Crippen LogP contribution in [0.25, 0.3) is 0 Å². The lowest BCUT2D eigenvalue weighted by molar-refractivity contribution is -0.123. The zero-order valence-corrected chi connectivity index (χ0v) is 12.0. The van der Waals surface area contributed by atoms with E-state index in [4.69, 9.17) is 10.5 Å². The SMILES string of the molecule is COc1cccc(CN(C)S(=O)(=O)NOCC(N)=O)c1. The summed E-state index contributed by atoms with van der Waals surface area (Å²) in [6, 6.07) is 6.99. The Kier molecular flexibility index (Phi) is 5.89. The standard InChI is InChI=1S/C11H17N3O5S/c1-14(20(16,17)13-19-8-11(12)15)7-9-4-3-5-10(6-9)18-2/h3-6,13H,7-8H2,1-2H3,(H2,12,15). The molecule has 1 rings (SSSR count). The number of amides is 1. The normalized spacial score (nSPS) is 11.6. The Morgan fingerprint density at radius 3 is 2.75 bits per heavy atom. The largest absolute Gasteiger partial charge is 0.497 e. The number of carbonyl (C=O) groups is 1. The molecule has 0 saturated heterocycles. The first-order valence-corrected chi connectivity index (χ1v) is 7.05. The summed E-state index contributed by atoms with van der Waals surface area (Å²) >= 11 is 0. The van der Waals surface area contributed by atoms with Crippen molar-refractivity contribution >= 4 is 16.1 Å². The molecule has 0 spiro atoms. The van der Waals surface area contributed by atoms with Crippen LogP contribution in [0, 0.1) is 0 Å². The Balaban J connectivity index is 2.64. The van der Waals surface area contributed by atoms with Gasteiger partial charge in [-0.15, -0.1) is 0 Å². The summed E-state index contributed by atoms with van der Waals surface area (Å²) in [7, 11) is -0.964. The van der Waals surface area contributed by atoms with Crippen LogP contribution in [0.2, 0.25) is 0 Å². The Morgan fingerprint density at radius 2 is 2.15 bits per heavy atom. The summed E-state index contributed by atoms with van der Waals surface area (Å²) < 4.78 is 29.6. The van der Waals surface area contributed by atoms with Crippen molar-refractivity contribution in [3.05, 3.63) is 29.8 Å². The van der Waals surface area contributed by atoms with Gasteiger partial charge in [-0.3, -0.25) is 9.63 Å². The minimum absolute atomic E-state index is 0.118. The maximum absolute atomic E-state index is 11.8. The lowest BCUT2D eigenvalue weighted by Gasteiger charge is -2.17. The Morgan fingerprint density at radius 1 is 1.45 bits per heavy atom. The van der Waals surface area contributed by atoms with Crippen molar-refractivity contribution in [1.82, 2.24) is 9.19 Å². The van der Waals surface area contributed by atoms with Crippen LogP contribution in [0.15, 0.2) is 24.3 Å². The molecule has 0 atom stereocenters. The third-order valence-electron chi connectivity index (χ3n) is 2.33. The van der Waals surface area contributed by atoms with Crippen LogP contribution >= 0.6 is 0 Å². The lowest BCUT2D eigenvalue weighted by atomic mass is 10.2. The summed E-state index contributed by atoms with van der Waals surface area (Å²) in [5, 5.41) is 0. The molecule has 0 aliphatic rings. The van der Waals surface area contributed by atoms with E-state index in [9.17, 15) is 13.2 Å². The molecule has 0 aromatic heterocycles. The van der Waals surface area contributed by atoms with E-state index in [1.165, 1.54) is 14.2 Å². The number of nitrogens with zero attached hydrogens (tertiary/aromatic N) is 1. The molecule has 0 bridgehead atoms. The van der Waals surface area contributed by atoms with Gasteiger partial charge in [-0.1, -0.05) is 17.0 Å². The molecule has 20 heavy (non-hydrogen) atoms. The third kappa shape index (κ3) is 5.13. The summed E-state index contributed by atoms with van der Waals surface area (Å²) in [6.07, 6.45) is 0. The van der Waals surface area contributed by atoms with Crippen LogP contribution in [0.3, 0.4) is 0 Å². The summed E-state index contributed by atoms with van der Waals surface area (Å²) in [5.41, 5.74) is 5.57. The van der Waals surface area contributed by atoms with Gasteiger partial charge in [0.15, 0.2) is 0 Å². The van der Waals surface area contributed by atoms with E-state index < -0.39 is 22.7 Å². The first-order valence-electron chi connectivity index (χ1n) is 5.61. The van der Waals surface area contributed by atoms with Crippen molar-refractivity contribution in [2.45, 2.75) is 6.54 Å². The average molecular weight is 303 g/mol. The smallest absolute Gasteiger partial charge is 0.301 e. The van der Waals surface area contributed by atoms with Crippen LogP contribution in [0.4, 0.5) is 0 Å². The van der Waals surface area contributed by atoms with Gasteiger partial charge in [0.2, 0.25) is 5.91 Å². The topological polar surface area (TPSA) is 111 Å². The number of hydrogen-bond acceptors (Lipinski definition) is 5. The predicted octanol–water partition coefficient (Wildman–Crippen LogP) is -0.622. The molecule has 8 nitrogen and oxygen atoms in total. The van der Waals surface area contributed by atoms with Gasteiger partial charge in [-0.25, -0.2) is 0 Å². The minimum atomic E-state index is -3.86. The highest BCUT2D eigenvalue weighted by Gasteiger charge is 2.18. The fraction of sp³-hybridized carbons (Fsp3) is 0.364. The van der Waals surface area contributed by atoms with Crippen LogP contribution in [-0.4, -0.2) is 39.4 Å². The minimum Gasteiger partial charge on any atom is -0.497 e. The molecule has 0 heterocycles. The van der Waals surface area contributed by atoms with Crippen LogP contribution in [-0.2, 0) is 26.4 Å². The molecule has 1 amide bonds. The van der Waals surface area contributed by atoms with E-state index in [0.717, 1.165) is 9.87 Å². The van der Waals surface area contributed by atoms with Crippen molar-refractivity contribution in [3.63, 3.8) is 0 Å². The predicted molar refractivity (Wildman–Crippen MR) is 71.7 cm³/mol. The van der Waals surface area contributed by atoms with Gasteiger partial charge in [0.25, 0.3) is 0 Å². The maximum Gasteiger partial charge on any atom is 0.301 e. The fourth-order valence-corrected chi connectivity index (χ4v) is 2.01. The molecule has 112 valence electrons. The van der Waals surface area contributed by atoms with Crippen molar-refractivity contribution in [2.75, 3.05) is 20.8 Å². The molecule has 0 unspecified atom stereocenters. The first-order chi connectivity index (χ1) is 9.35. The molecular weight excluding hydrogens is 286 g/mol. The van der Waals surface area contributed by atoms with Gasteiger partial charge in [-0.2, -0.15) is 12.7 Å². The summed E-state index contributed by atoms with van der Waals surface area (Å²) in [6.45, 7) is -0.418. The number of methoxy groups -OCH3 is 1. The number of nitrogens with two attached hydrogens (primary N) is 1. The first kappa shape index (κ1) is 16.4. The van der Waals surface area contributed by atoms with Gasteiger partial charge >= 0.3 is 10.2 Å². The highest BCUT2D eigenvalue weighted by molar-refractivity contribution is 7.86. The van der Waals surface area contributed by atoms with Gasteiger partial charge in [0.05, 0.1) is 7.11 Å². The van der Waals surface area contributed by atoms with Crippen molar-refractivity contribution in [1.29, 1.82) is 0 Å². The average Bonchev–Trinajstić information content (AvgIpc) is 2.38. The summed E-state index contributed by atoms with van der Waals surface area (Å²) in [4.78, 5) is 16.7. The zero-order chi connectivity index (χ0) is 15.2. The Labute approximate surface area is 117 Å². The molecule has 0 saturated carbocycles. The highest BCUT2D eigenvalue weighted by Crippen LogP contribution is 2.14. The quantitative estimate of drug-likeness (QED) is 0.622. The molecule has 9 heteroatoms. The molecule has 3 N–H and O–H groups in total. The number of nitrogens with one attached hydrogen (secondary N) is 1. The van der Waals surface area contributed by atoms with Gasteiger partial charge in [-0.05, 0) is 17.7 Å². The second-order valence-corrected chi connectivity index (χ2v) is 5.69. The monoisotopic (exact) mass is 303 g/mol. The fourth-order valence-electron chi connectivity index (χ4n) is 1.35. The summed E-state index contributed by atoms with van der Waals surface area (Å²) in [5.74, 6) is -0.144. The molecule has 0 radical (unpaired) electrons. The van der Waals surface area contributed by atoms with Gasteiger partial charge in [0.1, 0.15) is 12.4 Å². The van der Waals surface area contributed by atoms with Crippen molar-refractivity contribution < 1.29 is 22.8 Å². The van der Waals surface area contributed by atoms with Crippen molar-refractivity contribution in [3.8, 4) is 5.75 Å². The maximum atomic E-state index is 11.8. The van der Waals surface area contributed by atoms with Crippen LogP contribution < -0.4 is 15.4 Å². The zero-order valence-electron chi connectivity index (χ0n) is 11.2. The second kappa shape index (κ2) is 7.20. The number of ether oxygens (including phenoxy) is 1. The molecule has 1 aromatic carbocycles. The van der Waals surface area contributed by atoms with E-state index in [-0.39, 0.29) is 6.54 Å². The van der Waals surface area contributed by atoms with E-state index in [1.54, 1.807) is 29.2 Å². The van der Waals surface area contributed by atoms with Crippen LogP contribution in [0.5, 0.6) is 5.75 Å². The number of hydrogen-bond donors (Lipinski definition) is 2. The Hall–Kier alpha value is -1.68. The van der Waals surface area contributed by atoms with E-state index in [2.05, 4.69) is 4.84 Å². The van der Waals surface area contributed by atoms with E-state index in [0.29, 0.717) is 5.75 Å².